The second-order valence-electron chi connectivity index (χ2n) is 5.21. The van der Waals surface area contributed by atoms with Crippen molar-refractivity contribution in [3.63, 3.8) is 0 Å². The third-order valence-corrected chi connectivity index (χ3v) is 6.63. The van der Waals surface area contributed by atoms with Gasteiger partial charge in [-0.15, -0.1) is 0 Å². The minimum atomic E-state index is -4.74. The molecule has 1 aliphatic rings. The van der Waals surface area contributed by atoms with Crippen molar-refractivity contribution < 1.29 is 38.2 Å². The highest BCUT2D eigenvalue weighted by Gasteiger charge is 2.38. The lowest BCUT2D eigenvalue weighted by Gasteiger charge is -2.18. The molecule has 0 radical (unpaired) electrons. The van der Waals surface area contributed by atoms with Crippen molar-refractivity contribution in [3.05, 3.63) is 22.7 Å². The van der Waals surface area contributed by atoms with Crippen molar-refractivity contribution in [3.8, 4) is 0 Å². The van der Waals surface area contributed by atoms with Crippen molar-refractivity contribution in [1.82, 2.24) is 9.55 Å². The number of anilines is 1. The van der Waals surface area contributed by atoms with Gasteiger partial charge < -0.3 is 34.8 Å². The minimum absolute atomic E-state index is 0.00620. The van der Waals surface area contributed by atoms with Gasteiger partial charge in [-0.05, 0) is 6.07 Å². The van der Waals surface area contributed by atoms with Gasteiger partial charge >= 0.3 is 20.9 Å². The van der Waals surface area contributed by atoms with Crippen molar-refractivity contribution in [1.29, 1.82) is 0 Å². The lowest BCUT2D eigenvalue weighted by Crippen LogP contribution is -2.28. The van der Waals surface area contributed by atoms with E-state index in [2.05, 4.69) is 9.51 Å². The fourth-order valence-electron chi connectivity index (χ4n) is 2.14. The van der Waals surface area contributed by atoms with E-state index in [0.717, 1.165) is 4.57 Å². The first-order valence-electron chi connectivity index (χ1n) is 6.66. The maximum Gasteiger partial charge on any atom is 0.351 e. The molecule has 14 heteroatoms. The van der Waals surface area contributed by atoms with Crippen molar-refractivity contribution in [2.24, 2.45) is 0 Å². The highest BCUT2D eigenvalue weighted by atomic mass is 31.2. The molecule has 1 aromatic rings. The second-order valence-corrected chi connectivity index (χ2v) is 9.21. The molecule has 4 atom stereocenters. The zero-order chi connectivity index (χ0) is 18.1. The van der Waals surface area contributed by atoms with E-state index in [-0.39, 0.29) is 12.2 Å². The fourth-order valence-corrected chi connectivity index (χ4v) is 4.71. The Morgan fingerprint density at radius 1 is 1.42 bits per heavy atom. The molecule has 1 aliphatic heterocycles. The van der Waals surface area contributed by atoms with Crippen molar-refractivity contribution >= 4 is 21.0 Å². The van der Waals surface area contributed by atoms with Gasteiger partial charge in [-0.3, -0.25) is 13.7 Å². The molecule has 1 aromatic heterocycles. The van der Waals surface area contributed by atoms with Crippen LogP contribution in [0, 0.1) is 0 Å². The van der Waals surface area contributed by atoms with Gasteiger partial charge in [-0.2, -0.15) is 4.98 Å². The summed E-state index contributed by atoms with van der Waals surface area (Å²) in [6.45, 7) is -0.581. The standard InChI is InChI=1S/C10H17N3O9P2/c11-8-1-2-13(10(15)12-8)9-3-6(14)7(22-9)4-21-24(19,20)5-23(16,17)18/h1-2,6-7,9,14H,3-5H2,(H,19,20)(H2,11,12,15)(H2,16,17,18)/t6-,7+,9+/m0/s1. The predicted molar refractivity (Wildman–Crippen MR) is 80.1 cm³/mol. The summed E-state index contributed by atoms with van der Waals surface area (Å²) in [7, 11) is -9.29. The highest BCUT2D eigenvalue weighted by molar-refractivity contribution is 7.70. The van der Waals surface area contributed by atoms with E-state index in [9.17, 15) is 23.9 Å². The van der Waals surface area contributed by atoms with Gasteiger partial charge in [0.1, 0.15) is 18.1 Å². The maximum absolute atomic E-state index is 11.7. The minimum Gasteiger partial charge on any atom is -0.390 e. The molecule has 136 valence electrons. The molecule has 0 spiro atoms. The van der Waals surface area contributed by atoms with Crippen LogP contribution < -0.4 is 11.4 Å². The van der Waals surface area contributed by atoms with Crippen molar-refractivity contribution in [2.45, 2.75) is 24.9 Å². The molecule has 1 fully saturated rings. The number of aliphatic hydroxyl groups excluding tert-OH is 1. The summed E-state index contributed by atoms with van der Waals surface area (Å²) in [6.07, 6.45) is -1.73. The van der Waals surface area contributed by atoms with Gasteiger partial charge in [0, 0.05) is 12.6 Å². The number of nitrogens with zero attached hydrogens (tertiary/aromatic N) is 2. The van der Waals surface area contributed by atoms with E-state index in [1.807, 2.05) is 0 Å². The van der Waals surface area contributed by atoms with E-state index in [1.165, 1.54) is 12.3 Å². The lowest BCUT2D eigenvalue weighted by molar-refractivity contribution is -0.0422. The Hall–Kier alpha value is -1.10. The van der Waals surface area contributed by atoms with Crippen LogP contribution in [0.15, 0.2) is 17.1 Å². The molecule has 1 saturated heterocycles. The lowest BCUT2D eigenvalue weighted by atomic mass is 10.2. The monoisotopic (exact) mass is 385 g/mol. The molecule has 0 aliphatic carbocycles. The number of nitrogens with two attached hydrogens (primary N) is 1. The summed E-state index contributed by atoms with van der Waals surface area (Å²) < 4.78 is 33.4. The van der Waals surface area contributed by atoms with Gasteiger partial charge in [-0.25, -0.2) is 4.79 Å². The van der Waals surface area contributed by atoms with Crippen LogP contribution in [0.3, 0.4) is 0 Å². The summed E-state index contributed by atoms with van der Waals surface area (Å²) >= 11 is 0. The topological polar surface area (TPSA) is 194 Å². The van der Waals surface area contributed by atoms with Crippen LogP contribution in [0.1, 0.15) is 12.6 Å². The second kappa shape index (κ2) is 7.03. The number of aromatic nitrogens is 2. The van der Waals surface area contributed by atoms with Crippen LogP contribution in [-0.2, 0) is 18.4 Å². The van der Waals surface area contributed by atoms with Gasteiger partial charge in [-0.1, -0.05) is 0 Å². The molecule has 0 aromatic carbocycles. The molecule has 2 heterocycles. The molecule has 12 nitrogen and oxygen atoms in total. The number of hydrogen-bond donors (Lipinski definition) is 5. The maximum atomic E-state index is 11.7. The highest BCUT2D eigenvalue weighted by Crippen LogP contribution is 2.55. The van der Waals surface area contributed by atoms with Crippen molar-refractivity contribution in [2.75, 3.05) is 18.2 Å². The van der Waals surface area contributed by atoms with Crippen LogP contribution in [0.5, 0.6) is 0 Å². The molecular formula is C10H17N3O9P2. The van der Waals surface area contributed by atoms with E-state index in [0.29, 0.717) is 0 Å². The van der Waals surface area contributed by atoms with Gasteiger partial charge in [0.15, 0.2) is 5.90 Å². The Balaban J connectivity index is 2.00. The largest absolute Gasteiger partial charge is 0.390 e. The molecule has 24 heavy (non-hydrogen) atoms. The molecule has 2 rings (SSSR count). The van der Waals surface area contributed by atoms with Crippen LogP contribution in [0.2, 0.25) is 0 Å². The first kappa shape index (κ1) is 19.2. The van der Waals surface area contributed by atoms with E-state index in [4.69, 9.17) is 20.3 Å². The predicted octanol–water partition coefficient (Wildman–Crippen LogP) is -1.19. The number of aliphatic hydroxyl groups is 1. The van der Waals surface area contributed by atoms with Gasteiger partial charge in [0.2, 0.25) is 0 Å². The molecule has 6 N–H and O–H groups in total. The quantitative estimate of drug-likeness (QED) is 0.369. The van der Waals surface area contributed by atoms with E-state index >= 15 is 0 Å². The molecule has 0 bridgehead atoms. The average Bonchev–Trinajstić information content (AvgIpc) is 2.75. The first-order valence-corrected chi connectivity index (χ1v) is 10.2. The Bertz CT molecular complexity index is 747. The Morgan fingerprint density at radius 2 is 2.08 bits per heavy atom. The van der Waals surface area contributed by atoms with Crippen LogP contribution >= 0.6 is 15.2 Å². The summed E-state index contributed by atoms with van der Waals surface area (Å²) in [4.78, 5) is 42.0. The van der Waals surface area contributed by atoms with Gasteiger partial charge in [0.05, 0.1) is 12.7 Å². The summed E-state index contributed by atoms with van der Waals surface area (Å²) in [5, 5.41) is 9.91. The third kappa shape index (κ3) is 5.20. The summed E-state index contributed by atoms with van der Waals surface area (Å²) in [5.74, 6) is -1.32. The van der Waals surface area contributed by atoms with E-state index in [1.54, 1.807) is 0 Å². The Morgan fingerprint density at radius 3 is 2.67 bits per heavy atom. The van der Waals surface area contributed by atoms with Crippen LogP contribution in [0.25, 0.3) is 0 Å². The SMILES string of the molecule is Nc1ccn([C@H]2C[C@H](O)[C@@H](COP(=O)(O)CP(=O)(O)O)O2)c(=O)n1. The number of hydrogen-bond acceptors (Lipinski definition) is 8. The summed E-state index contributed by atoms with van der Waals surface area (Å²) in [6, 6.07) is 1.36. The molecule has 0 amide bonds. The Kier molecular flexibility index (Phi) is 5.63. The van der Waals surface area contributed by atoms with E-state index < -0.39 is 51.8 Å². The molecule has 1 unspecified atom stereocenters. The third-order valence-electron chi connectivity index (χ3n) is 3.17. The number of rotatable bonds is 6. The number of nitrogen functional groups attached to an aromatic ring is 1. The molecular weight excluding hydrogens is 368 g/mol. The Labute approximate surface area is 135 Å². The first-order chi connectivity index (χ1) is 11.0. The fraction of sp³-hybridized carbons (Fsp3) is 0.600. The molecule has 0 saturated carbocycles. The average molecular weight is 385 g/mol. The van der Waals surface area contributed by atoms with Gasteiger partial charge in [0.25, 0.3) is 0 Å². The normalized spacial score (nSPS) is 27.1. The van der Waals surface area contributed by atoms with Crippen LogP contribution in [-0.4, -0.2) is 54.1 Å². The zero-order valence-corrected chi connectivity index (χ0v) is 14.0. The summed E-state index contributed by atoms with van der Waals surface area (Å²) in [5.41, 5.74) is 4.68. The number of ether oxygens (including phenoxy) is 1. The van der Waals surface area contributed by atoms with Crippen LogP contribution in [0.4, 0.5) is 5.82 Å². The smallest absolute Gasteiger partial charge is 0.351 e. The zero-order valence-electron chi connectivity index (χ0n) is 12.2.